The Hall–Kier alpha value is -2.40. The maximum atomic E-state index is 12.7. The number of amides is 2. The summed E-state index contributed by atoms with van der Waals surface area (Å²) in [5, 5.41) is 14.9. The molecule has 0 heterocycles. The molecular weight excluding hydrogens is 410 g/mol. The number of allylic oxidation sites excluding steroid dienone is 1. The Balaban J connectivity index is 2.84. The van der Waals surface area contributed by atoms with E-state index in [2.05, 4.69) is 34.9 Å². The Bertz CT molecular complexity index is 830. The predicted molar refractivity (Wildman–Crippen MR) is 132 cm³/mol. The highest BCUT2D eigenvalue weighted by molar-refractivity contribution is 6.32. The van der Waals surface area contributed by atoms with E-state index in [1.165, 1.54) is 6.21 Å². The van der Waals surface area contributed by atoms with E-state index < -0.39 is 0 Å². The van der Waals surface area contributed by atoms with Crippen LogP contribution >= 0.6 is 11.6 Å². The average Bonchev–Trinajstić information content (AvgIpc) is 2.76. The van der Waals surface area contributed by atoms with Crippen molar-refractivity contribution in [2.24, 2.45) is 4.99 Å². The van der Waals surface area contributed by atoms with Gasteiger partial charge in [-0.15, -0.1) is 5.73 Å². The minimum absolute atomic E-state index is 0.0286. The van der Waals surface area contributed by atoms with E-state index in [1.54, 1.807) is 11.0 Å². The van der Waals surface area contributed by atoms with Gasteiger partial charge in [-0.1, -0.05) is 50.6 Å². The van der Waals surface area contributed by atoms with Crippen molar-refractivity contribution >= 4 is 29.7 Å². The molecule has 0 fully saturated rings. The van der Waals surface area contributed by atoms with Crippen LogP contribution in [0.4, 0.5) is 4.79 Å². The molecule has 2 unspecified atom stereocenters. The van der Waals surface area contributed by atoms with Crippen molar-refractivity contribution in [3.05, 3.63) is 52.2 Å². The summed E-state index contributed by atoms with van der Waals surface area (Å²) in [6.07, 6.45) is 5.96. The summed E-state index contributed by atoms with van der Waals surface area (Å²) in [5.74, 6) is 0.157. The quantitative estimate of drug-likeness (QED) is 0.257. The van der Waals surface area contributed by atoms with E-state index in [1.807, 2.05) is 40.1 Å². The lowest BCUT2D eigenvalue weighted by Crippen LogP contribution is -2.45. The summed E-state index contributed by atoms with van der Waals surface area (Å²) in [6, 6.07) is 3.90. The molecule has 31 heavy (non-hydrogen) atoms. The lowest BCUT2D eigenvalue weighted by Gasteiger charge is -2.29. The van der Waals surface area contributed by atoms with Gasteiger partial charge in [-0.05, 0) is 56.5 Å². The molecule has 170 valence electrons. The van der Waals surface area contributed by atoms with Crippen LogP contribution in [0.1, 0.15) is 55.7 Å². The minimum atomic E-state index is -0.0720. The van der Waals surface area contributed by atoms with Gasteiger partial charge in [0.1, 0.15) is 0 Å². The first-order valence-corrected chi connectivity index (χ1v) is 11.1. The van der Waals surface area contributed by atoms with Crippen LogP contribution in [0.2, 0.25) is 5.02 Å². The smallest absolute Gasteiger partial charge is 0.317 e. The molecule has 2 amide bonds. The number of carbonyl (C=O) groups is 1. The Labute approximate surface area is 192 Å². The highest BCUT2D eigenvalue weighted by atomic mass is 35.5. The number of hydrogen-bond acceptors (Lipinski definition) is 3. The first-order chi connectivity index (χ1) is 14.8. The molecule has 0 saturated heterocycles. The zero-order valence-electron chi connectivity index (χ0n) is 19.4. The zero-order chi connectivity index (χ0) is 23.4. The second kappa shape index (κ2) is 13.8. The third-order valence-corrected chi connectivity index (χ3v) is 5.88. The van der Waals surface area contributed by atoms with Crippen molar-refractivity contribution in [1.29, 1.82) is 5.41 Å². The van der Waals surface area contributed by atoms with E-state index in [0.717, 1.165) is 36.9 Å². The van der Waals surface area contributed by atoms with Gasteiger partial charge in [0.2, 0.25) is 0 Å². The SMILES string of the molecule is C=C=C/C=N\C(=N)c1ccc(C(C)CNC(=O)N(C)C(CCC)CCNC)c(Cl)c1C. The zero-order valence-corrected chi connectivity index (χ0v) is 20.1. The molecule has 1 rings (SSSR count). The number of nitrogens with zero attached hydrogens (tertiary/aromatic N) is 2. The van der Waals surface area contributed by atoms with Gasteiger partial charge in [-0.25, -0.2) is 9.79 Å². The van der Waals surface area contributed by atoms with Crippen molar-refractivity contribution in [2.45, 2.75) is 52.0 Å². The number of urea groups is 1. The molecule has 0 bridgehead atoms. The van der Waals surface area contributed by atoms with Crippen LogP contribution in [0.5, 0.6) is 0 Å². The second-order valence-electron chi connectivity index (χ2n) is 7.67. The fourth-order valence-corrected chi connectivity index (χ4v) is 3.74. The normalized spacial score (nSPS) is 12.8. The van der Waals surface area contributed by atoms with Gasteiger partial charge in [-0.2, -0.15) is 0 Å². The van der Waals surface area contributed by atoms with Crippen molar-refractivity contribution < 1.29 is 4.79 Å². The number of carbonyl (C=O) groups excluding carboxylic acids is 1. The molecule has 3 N–H and O–H groups in total. The van der Waals surface area contributed by atoms with Crippen LogP contribution in [0.3, 0.4) is 0 Å². The lowest BCUT2D eigenvalue weighted by molar-refractivity contribution is 0.182. The Morgan fingerprint density at radius 2 is 2.13 bits per heavy atom. The molecule has 0 aliphatic carbocycles. The summed E-state index contributed by atoms with van der Waals surface area (Å²) in [4.78, 5) is 18.6. The molecule has 0 saturated carbocycles. The molecule has 6 nitrogen and oxygen atoms in total. The summed E-state index contributed by atoms with van der Waals surface area (Å²) >= 11 is 6.62. The predicted octanol–water partition coefficient (Wildman–Crippen LogP) is 4.91. The van der Waals surface area contributed by atoms with E-state index >= 15 is 0 Å². The van der Waals surface area contributed by atoms with Crippen molar-refractivity contribution in [3.63, 3.8) is 0 Å². The summed E-state index contributed by atoms with van der Waals surface area (Å²) < 4.78 is 0. The van der Waals surface area contributed by atoms with Gasteiger partial charge in [0.15, 0.2) is 5.84 Å². The number of halogens is 1. The summed E-state index contributed by atoms with van der Waals surface area (Å²) in [5.41, 5.74) is 5.00. The van der Waals surface area contributed by atoms with Crippen molar-refractivity contribution in [2.75, 3.05) is 27.2 Å². The number of aliphatic imine (C=N–C) groups is 1. The molecule has 1 aromatic rings. The minimum Gasteiger partial charge on any atom is -0.337 e. The number of rotatable bonds is 11. The number of benzene rings is 1. The fourth-order valence-electron chi connectivity index (χ4n) is 3.39. The highest BCUT2D eigenvalue weighted by Crippen LogP contribution is 2.30. The monoisotopic (exact) mass is 445 g/mol. The Morgan fingerprint density at radius 3 is 2.74 bits per heavy atom. The largest absolute Gasteiger partial charge is 0.337 e. The molecule has 0 aliphatic heterocycles. The maximum Gasteiger partial charge on any atom is 0.317 e. The van der Waals surface area contributed by atoms with Crippen molar-refractivity contribution in [1.82, 2.24) is 15.5 Å². The average molecular weight is 446 g/mol. The van der Waals surface area contributed by atoms with E-state index in [-0.39, 0.29) is 23.8 Å². The third kappa shape index (κ3) is 7.98. The number of nitrogens with one attached hydrogen (secondary N) is 3. The van der Waals surface area contributed by atoms with Crippen LogP contribution in [-0.2, 0) is 0 Å². The molecule has 0 aromatic heterocycles. The van der Waals surface area contributed by atoms with Gasteiger partial charge in [0.25, 0.3) is 0 Å². The first kappa shape index (κ1) is 26.6. The van der Waals surface area contributed by atoms with E-state index in [4.69, 9.17) is 17.0 Å². The Morgan fingerprint density at radius 1 is 1.42 bits per heavy atom. The topological polar surface area (TPSA) is 80.6 Å². The van der Waals surface area contributed by atoms with Crippen LogP contribution in [0.25, 0.3) is 0 Å². The van der Waals surface area contributed by atoms with Crippen molar-refractivity contribution in [3.8, 4) is 0 Å². The van der Waals surface area contributed by atoms with E-state index in [9.17, 15) is 4.79 Å². The van der Waals surface area contributed by atoms with Gasteiger partial charge >= 0.3 is 6.03 Å². The van der Waals surface area contributed by atoms with E-state index in [0.29, 0.717) is 17.1 Å². The van der Waals surface area contributed by atoms with Crippen LogP contribution in [0.15, 0.2) is 35.5 Å². The highest BCUT2D eigenvalue weighted by Gasteiger charge is 2.20. The third-order valence-electron chi connectivity index (χ3n) is 5.38. The van der Waals surface area contributed by atoms with Gasteiger partial charge in [-0.3, -0.25) is 5.41 Å². The molecule has 2 atom stereocenters. The van der Waals surface area contributed by atoms with Gasteiger partial charge in [0.05, 0.1) is 0 Å². The summed E-state index contributed by atoms with van der Waals surface area (Å²) in [7, 11) is 3.78. The number of amidine groups is 1. The summed E-state index contributed by atoms with van der Waals surface area (Å²) in [6.45, 7) is 10.9. The number of hydrogen-bond donors (Lipinski definition) is 3. The molecule has 0 radical (unpaired) electrons. The van der Waals surface area contributed by atoms with Crippen LogP contribution in [0, 0.1) is 12.3 Å². The first-order valence-electron chi connectivity index (χ1n) is 10.7. The van der Waals surface area contributed by atoms with Gasteiger partial charge in [0, 0.05) is 36.4 Å². The lowest BCUT2D eigenvalue weighted by atomic mass is 9.96. The molecule has 1 aromatic carbocycles. The molecule has 0 spiro atoms. The fraction of sp³-hybridized carbons (Fsp3) is 0.500. The maximum absolute atomic E-state index is 12.7. The molecular formula is C24H36ClN5O. The molecule has 7 heteroatoms. The Kier molecular flexibility index (Phi) is 11.9. The van der Waals surface area contributed by atoms with Crippen LogP contribution < -0.4 is 10.6 Å². The van der Waals surface area contributed by atoms with Gasteiger partial charge < -0.3 is 15.5 Å². The second-order valence-corrected chi connectivity index (χ2v) is 8.05. The van der Waals surface area contributed by atoms with Crippen LogP contribution in [-0.4, -0.2) is 56.2 Å². The standard InChI is InChI=1S/C24H36ClN5O/c1-7-9-14-28-23(26)21-12-11-20(22(25)18(21)4)17(3)16-29-24(31)30(6)19(10-8-2)13-15-27-5/h9,11-12,14,17,19,26-27H,1,8,10,13,15-16H2,2-6H3,(H,29,31)/b26-23?,28-14-. The molecule has 0 aliphatic rings.